The Bertz CT molecular complexity index is 988. The molecule has 0 saturated carbocycles. The summed E-state index contributed by atoms with van der Waals surface area (Å²) < 4.78 is 27.0. The summed E-state index contributed by atoms with van der Waals surface area (Å²) in [7, 11) is -1.59. The van der Waals surface area contributed by atoms with E-state index in [9.17, 15) is 13.2 Å². The first-order chi connectivity index (χ1) is 15.4. The second kappa shape index (κ2) is 11.8. The molecule has 9 heteroatoms. The second-order valence-corrected chi connectivity index (χ2v) is 10.1. The molecule has 0 aliphatic carbocycles. The number of hydrogen-bond acceptors (Lipinski definition) is 5. The van der Waals surface area contributed by atoms with E-state index in [1.807, 2.05) is 6.07 Å². The summed E-state index contributed by atoms with van der Waals surface area (Å²) in [6.07, 6.45) is 0.912. The molecular weight excluding hydrogens is 448 g/mol. The number of amides is 1. The third-order valence-corrected chi connectivity index (χ3v) is 7.55. The number of piperazine rings is 1. The molecule has 174 valence electrons. The van der Waals surface area contributed by atoms with Crippen LogP contribution in [0.5, 0.6) is 0 Å². The fourth-order valence-electron chi connectivity index (χ4n) is 3.85. The maximum atomic E-state index is 12.3. The summed E-state index contributed by atoms with van der Waals surface area (Å²) in [6, 6.07) is 17.1. The highest BCUT2D eigenvalue weighted by Crippen LogP contribution is 2.24. The number of halogens is 1. The molecule has 1 heterocycles. The largest absolute Gasteiger partial charge is 0.356 e. The van der Waals surface area contributed by atoms with Crippen molar-refractivity contribution in [3.05, 3.63) is 65.2 Å². The van der Waals surface area contributed by atoms with E-state index in [1.165, 1.54) is 17.7 Å². The van der Waals surface area contributed by atoms with Crippen LogP contribution in [0.2, 0.25) is 5.02 Å². The van der Waals surface area contributed by atoms with Gasteiger partial charge in [-0.15, -0.1) is 0 Å². The van der Waals surface area contributed by atoms with E-state index in [4.69, 9.17) is 11.6 Å². The lowest BCUT2D eigenvalue weighted by molar-refractivity contribution is -0.120. The van der Waals surface area contributed by atoms with Gasteiger partial charge in [-0.2, -0.15) is 0 Å². The molecule has 32 heavy (non-hydrogen) atoms. The zero-order valence-corrected chi connectivity index (χ0v) is 19.9. The van der Waals surface area contributed by atoms with Crippen molar-refractivity contribution in [2.45, 2.75) is 23.8 Å². The first kappa shape index (κ1) is 24.7. The van der Waals surface area contributed by atoms with Gasteiger partial charge in [0, 0.05) is 51.7 Å². The van der Waals surface area contributed by atoms with Crippen LogP contribution in [0.3, 0.4) is 0 Å². The summed E-state index contributed by atoms with van der Waals surface area (Å²) in [4.78, 5) is 17.0. The van der Waals surface area contributed by atoms with Crippen LogP contribution in [0.4, 0.5) is 0 Å². The highest BCUT2D eigenvalue weighted by atomic mass is 35.5. The molecule has 0 radical (unpaired) electrons. The average Bonchev–Trinajstić information content (AvgIpc) is 2.78. The highest BCUT2D eigenvalue weighted by molar-refractivity contribution is 7.89. The van der Waals surface area contributed by atoms with Crippen LogP contribution in [-0.2, 0) is 14.8 Å². The van der Waals surface area contributed by atoms with E-state index in [0.29, 0.717) is 12.6 Å². The number of carbonyl (C=O) groups excluding carboxylic acids is 1. The van der Waals surface area contributed by atoms with Crippen molar-refractivity contribution in [2.75, 3.05) is 46.3 Å². The van der Waals surface area contributed by atoms with Gasteiger partial charge in [0.25, 0.3) is 0 Å². The van der Waals surface area contributed by atoms with E-state index in [0.717, 1.165) is 32.6 Å². The molecule has 1 aliphatic heterocycles. The van der Waals surface area contributed by atoms with Crippen LogP contribution in [0, 0.1) is 0 Å². The topological polar surface area (TPSA) is 81.8 Å². The lowest BCUT2D eigenvalue weighted by Gasteiger charge is -2.40. The molecule has 0 spiro atoms. The second-order valence-electron chi connectivity index (χ2n) is 8.01. The van der Waals surface area contributed by atoms with Crippen LogP contribution >= 0.6 is 11.6 Å². The monoisotopic (exact) mass is 478 g/mol. The zero-order valence-electron chi connectivity index (χ0n) is 18.3. The standard InChI is InChI=1S/C23H31ClN4O3S/c1-27-16-17-28(21(18-27)19-8-3-2-4-9-19)15-7-13-25-23(29)12-14-26-32(30,31)22-11-6-5-10-20(22)24/h2-6,8-11,21,26H,7,12-18H2,1H3,(H,25,29). The molecule has 2 aromatic carbocycles. The number of likely N-dealkylation sites (N-methyl/N-ethyl adjacent to an activating group) is 1. The quantitative estimate of drug-likeness (QED) is 0.513. The SMILES string of the molecule is CN1CCN(CCCNC(=O)CCNS(=O)(=O)c2ccccc2Cl)C(c2ccccc2)C1. The fraction of sp³-hybridized carbons (Fsp3) is 0.435. The van der Waals surface area contributed by atoms with Crippen molar-refractivity contribution in [1.82, 2.24) is 19.8 Å². The molecule has 3 rings (SSSR count). The Hall–Kier alpha value is -1.97. The van der Waals surface area contributed by atoms with Crippen LogP contribution in [0.15, 0.2) is 59.5 Å². The predicted molar refractivity (Wildman–Crippen MR) is 127 cm³/mol. The molecule has 1 aliphatic rings. The average molecular weight is 479 g/mol. The number of benzene rings is 2. The van der Waals surface area contributed by atoms with Crippen LogP contribution in [0.25, 0.3) is 0 Å². The van der Waals surface area contributed by atoms with Gasteiger partial charge in [0.05, 0.1) is 5.02 Å². The Morgan fingerprint density at radius 2 is 1.78 bits per heavy atom. The number of carbonyl (C=O) groups is 1. The molecule has 1 saturated heterocycles. The summed E-state index contributed by atoms with van der Waals surface area (Å²) in [6.45, 7) is 4.49. The minimum Gasteiger partial charge on any atom is -0.356 e. The zero-order chi connectivity index (χ0) is 23.0. The number of rotatable bonds is 10. The van der Waals surface area contributed by atoms with E-state index in [-0.39, 0.29) is 28.8 Å². The molecule has 0 bridgehead atoms. The molecule has 2 N–H and O–H groups in total. The Labute approximate surface area is 195 Å². The van der Waals surface area contributed by atoms with Gasteiger partial charge in [0.1, 0.15) is 4.90 Å². The van der Waals surface area contributed by atoms with Crippen molar-refractivity contribution >= 4 is 27.5 Å². The van der Waals surface area contributed by atoms with Gasteiger partial charge in [-0.3, -0.25) is 9.69 Å². The molecule has 0 aromatic heterocycles. The smallest absolute Gasteiger partial charge is 0.242 e. The summed E-state index contributed by atoms with van der Waals surface area (Å²) in [5.41, 5.74) is 1.31. The van der Waals surface area contributed by atoms with E-state index in [1.54, 1.807) is 12.1 Å². The van der Waals surface area contributed by atoms with Gasteiger partial charge >= 0.3 is 0 Å². The summed E-state index contributed by atoms with van der Waals surface area (Å²) >= 11 is 5.95. The minimum atomic E-state index is -3.74. The van der Waals surface area contributed by atoms with Gasteiger partial charge < -0.3 is 10.2 Å². The normalized spacial score (nSPS) is 17.9. The van der Waals surface area contributed by atoms with Crippen LogP contribution < -0.4 is 10.0 Å². The minimum absolute atomic E-state index is 0.0159. The predicted octanol–water partition coefficient (Wildman–Crippen LogP) is 2.50. The van der Waals surface area contributed by atoms with Crippen LogP contribution in [0.1, 0.15) is 24.4 Å². The fourth-order valence-corrected chi connectivity index (χ4v) is 5.40. The lowest BCUT2D eigenvalue weighted by atomic mass is 10.0. The summed E-state index contributed by atoms with van der Waals surface area (Å²) in [5, 5.41) is 3.04. The molecule has 1 fully saturated rings. The molecular formula is C23H31ClN4O3S. The Balaban J connectivity index is 1.39. The van der Waals surface area contributed by atoms with E-state index in [2.05, 4.69) is 51.2 Å². The molecule has 1 unspecified atom stereocenters. The first-order valence-corrected chi connectivity index (χ1v) is 12.7. The third-order valence-electron chi connectivity index (χ3n) is 5.59. The number of nitrogens with zero attached hydrogens (tertiary/aromatic N) is 2. The molecule has 7 nitrogen and oxygen atoms in total. The van der Waals surface area contributed by atoms with Crippen molar-refractivity contribution in [3.63, 3.8) is 0 Å². The van der Waals surface area contributed by atoms with Gasteiger partial charge in [0.2, 0.25) is 15.9 Å². The number of sulfonamides is 1. The van der Waals surface area contributed by atoms with Gasteiger partial charge in [-0.25, -0.2) is 13.1 Å². The Morgan fingerprint density at radius 3 is 2.53 bits per heavy atom. The van der Waals surface area contributed by atoms with Crippen LogP contribution in [-0.4, -0.2) is 70.4 Å². The maximum absolute atomic E-state index is 12.3. The first-order valence-electron chi connectivity index (χ1n) is 10.9. The van der Waals surface area contributed by atoms with Gasteiger partial charge in [-0.05, 0) is 31.2 Å². The molecule has 2 aromatic rings. The van der Waals surface area contributed by atoms with Crippen molar-refractivity contribution in [3.8, 4) is 0 Å². The summed E-state index contributed by atoms with van der Waals surface area (Å²) in [5.74, 6) is -0.176. The van der Waals surface area contributed by atoms with Gasteiger partial charge in [-0.1, -0.05) is 54.1 Å². The van der Waals surface area contributed by atoms with Gasteiger partial charge in [0.15, 0.2) is 0 Å². The van der Waals surface area contributed by atoms with E-state index < -0.39 is 10.0 Å². The van der Waals surface area contributed by atoms with Crippen molar-refractivity contribution < 1.29 is 13.2 Å². The lowest BCUT2D eigenvalue weighted by Crippen LogP contribution is -2.47. The third kappa shape index (κ3) is 7.02. The number of hydrogen-bond donors (Lipinski definition) is 2. The molecule has 1 atom stereocenters. The molecule has 1 amide bonds. The van der Waals surface area contributed by atoms with Crippen molar-refractivity contribution in [2.24, 2.45) is 0 Å². The Morgan fingerprint density at radius 1 is 1.06 bits per heavy atom. The number of nitrogens with one attached hydrogen (secondary N) is 2. The van der Waals surface area contributed by atoms with E-state index >= 15 is 0 Å². The highest BCUT2D eigenvalue weighted by Gasteiger charge is 2.26. The van der Waals surface area contributed by atoms with Crippen molar-refractivity contribution in [1.29, 1.82) is 0 Å². The Kier molecular flexibility index (Phi) is 9.07. The maximum Gasteiger partial charge on any atom is 0.242 e.